The molecule has 0 atom stereocenters. The Morgan fingerprint density at radius 1 is 0.947 bits per heavy atom. The molecule has 8 heteroatoms. The molecule has 1 aliphatic heterocycles. The first-order valence-electron chi connectivity index (χ1n) is 12.8. The standard InChI is InChI=1S/C30H27ClFN5S/c31-22-11-9-21(10-12-22)27-25-8-4-5-17-36-26(19-33-24-15-13-23(32)14-16-24)35-37(30(25)36)28(27)29(38)34-18-20-6-2-1-3-7-20/h1-3,6-7,9-16,33H,4-5,8,17-19H2,(H,34,38). The molecular formula is C30H27ClFN5S. The fraction of sp³-hybridized carbons (Fsp3) is 0.200. The topological polar surface area (TPSA) is 46.3 Å². The van der Waals surface area contributed by atoms with E-state index in [1.165, 1.54) is 17.7 Å². The van der Waals surface area contributed by atoms with Crippen molar-refractivity contribution in [2.75, 3.05) is 5.32 Å². The van der Waals surface area contributed by atoms with Gasteiger partial charge in [0.2, 0.25) is 0 Å². The number of aromatic nitrogens is 3. The van der Waals surface area contributed by atoms with Gasteiger partial charge in [-0.1, -0.05) is 66.3 Å². The first-order chi connectivity index (χ1) is 18.6. The van der Waals surface area contributed by atoms with E-state index in [1.807, 2.05) is 34.8 Å². The Labute approximate surface area is 231 Å². The molecule has 0 radical (unpaired) electrons. The van der Waals surface area contributed by atoms with Crippen LogP contribution < -0.4 is 10.6 Å². The van der Waals surface area contributed by atoms with E-state index < -0.39 is 0 Å². The Morgan fingerprint density at radius 3 is 2.47 bits per heavy atom. The number of nitrogens with one attached hydrogen (secondary N) is 2. The average Bonchev–Trinajstić information content (AvgIpc) is 3.34. The summed E-state index contributed by atoms with van der Waals surface area (Å²) in [6.07, 6.45) is 3.09. The molecule has 0 amide bonds. The van der Waals surface area contributed by atoms with Gasteiger partial charge in [-0.3, -0.25) is 0 Å². The summed E-state index contributed by atoms with van der Waals surface area (Å²) < 4.78 is 17.7. The van der Waals surface area contributed by atoms with Crippen molar-refractivity contribution in [3.8, 4) is 11.1 Å². The SMILES string of the molecule is Fc1ccc(NCc2nn3c(C(=S)NCc4ccccc4)c(-c4ccc(Cl)cc4)c4c3n2CCCC4)cc1. The van der Waals surface area contributed by atoms with Crippen molar-refractivity contribution in [1.29, 1.82) is 0 Å². The van der Waals surface area contributed by atoms with Crippen LogP contribution in [0.2, 0.25) is 5.02 Å². The molecular weight excluding hydrogens is 517 g/mol. The predicted molar refractivity (Wildman–Crippen MR) is 155 cm³/mol. The lowest BCUT2D eigenvalue weighted by atomic mass is 9.98. The van der Waals surface area contributed by atoms with Gasteiger partial charge in [-0.15, -0.1) is 0 Å². The lowest BCUT2D eigenvalue weighted by Gasteiger charge is -2.12. The molecule has 2 aromatic heterocycles. The van der Waals surface area contributed by atoms with E-state index >= 15 is 0 Å². The number of anilines is 1. The molecule has 6 rings (SSSR count). The molecule has 0 unspecified atom stereocenters. The van der Waals surface area contributed by atoms with E-state index in [1.54, 1.807) is 12.1 Å². The summed E-state index contributed by atoms with van der Waals surface area (Å²) in [5.41, 5.74) is 7.43. The van der Waals surface area contributed by atoms with E-state index in [-0.39, 0.29) is 5.82 Å². The Hall–Kier alpha value is -3.68. The number of hydrogen-bond acceptors (Lipinski definition) is 3. The zero-order valence-corrected chi connectivity index (χ0v) is 22.3. The molecule has 0 spiro atoms. The summed E-state index contributed by atoms with van der Waals surface area (Å²) in [4.78, 5) is 0.656. The Bertz CT molecular complexity index is 1590. The van der Waals surface area contributed by atoms with Crippen molar-refractivity contribution in [2.24, 2.45) is 0 Å². The monoisotopic (exact) mass is 543 g/mol. The highest BCUT2D eigenvalue weighted by atomic mass is 35.5. The number of halogens is 2. The highest BCUT2D eigenvalue weighted by molar-refractivity contribution is 7.80. The third kappa shape index (κ3) is 4.79. The fourth-order valence-electron chi connectivity index (χ4n) is 5.18. The van der Waals surface area contributed by atoms with Crippen LogP contribution in [0.25, 0.3) is 16.8 Å². The van der Waals surface area contributed by atoms with Crippen molar-refractivity contribution < 1.29 is 4.39 Å². The third-order valence-corrected chi connectivity index (χ3v) is 7.59. The van der Waals surface area contributed by atoms with E-state index in [9.17, 15) is 4.39 Å². The van der Waals surface area contributed by atoms with Crippen LogP contribution in [-0.4, -0.2) is 19.2 Å². The van der Waals surface area contributed by atoms with Gasteiger partial charge < -0.3 is 15.2 Å². The van der Waals surface area contributed by atoms with E-state index in [0.29, 0.717) is 23.1 Å². The molecule has 5 aromatic rings. The summed E-state index contributed by atoms with van der Waals surface area (Å²) in [6, 6.07) is 24.6. The number of aryl methyl sites for hydroxylation is 2. The van der Waals surface area contributed by atoms with Gasteiger partial charge in [0.1, 0.15) is 22.1 Å². The number of thiocarbonyl (C=S) groups is 1. The smallest absolute Gasteiger partial charge is 0.150 e. The third-order valence-electron chi connectivity index (χ3n) is 7.00. The van der Waals surface area contributed by atoms with Gasteiger partial charge in [0.15, 0.2) is 5.82 Å². The molecule has 3 aromatic carbocycles. The van der Waals surface area contributed by atoms with Gasteiger partial charge in [-0.2, -0.15) is 5.10 Å². The van der Waals surface area contributed by atoms with Gasteiger partial charge >= 0.3 is 0 Å². The summed E-state index contributed by atoms with van der Waals surface area (Å²) >= 11 is 12.3. The first kappa shape index (κ1) is 24.6. The number of benzene rings is 3. The van der Waals surface area contributed by atoms with Crippen molar-refractivity contribution in [3.63, 3.8) is 0 Å². The lowest BCUT2D eigenvalue weighted by Crippen LogP contribution is -2.24. The summed E-state index contributed by atoms with van der Waals surface area (Å²) in [5, 5.41) is 12.7. The molecule has 0 saturated heterocycles. The minimum Gasteiger partial charge on any atom is -0.378 e. The molecule has 2 N–H and O–H groups in total. The Kier molecular flexibility index (Phi) is 6.87. The molecule has 0 aliphatic carbocycles. The van der Waals surface area contributed by atoms with Gasteiger partial charge in [0.25, 0.3) is 0 Å². The molecule has 192 valence electrons. The molecule has 0 bridgehead atoms. The molecule has 1 aliphatic rings. The minimum absolute atomic E-state index is 0.252. The molecule has 0 saturated carbocycles. The Morgan fingerprint density at radius 2 is 1.71 bits per heavy atom. The predicted octanol–water partition coefficient (Wildman–Crippen LogP) is 7.01. The lowest BCUT2D eigenvalue weighted by molar-refractivity contribution is 0.618. The van der Waals surface area contributed by atoms with Crippen molar-refractivity contribution in [3.05, 3.63) is 112 Å². The highest BCUT2D eigenvalue weighted by Gasteiger charge is 2.29. The van der Waals surface area contributed by atoms with E-state index in [0.717, 1.165) is 65.4 Å². The van der Waals surface area contributed by atoms with Crippen LogP contribution >= 0.6 is 23.8 Å². The second-order valence-electron chi connectivity index (χ2n) is 9.50. The highest BCUT2D eigenvalue weighted by Crippen LogP contribution is 2.37. The number of rotatable bonds is 7. The van der Waals surface area contributed by atoms with Crippen molar-refractivity contribution in [1.82, 2.24) is 19.5 Å². The maximum absolute atomic E-state index is 13.4. The van der Waals surface area contributed by atoms with Crippen molar-refractivity contribution in [2.45, 2.75) is 38.9 Å². The van der Waals surface area contributed by atoms with Crippen LogP contribution in [0.5, 0.6) is 0 Å². The summed E-state index contributed by atoms with van der Waals surface area (Å²) in [5.74, 6) is 0.667. The van der Waals surface area contributed by atoms with Crippen LogP contribution in [0.3, 0.4) is 0 Å². The second kappa shape index (κ2) is 10.6. The maximum Gasteiger partial charge on any atom is 0.150 e. The van der Waals surface area contributed by atoms with Gasteiger partial charge in [0.05, 0.1) is 6.54 Å². The van der Waals surface area contributed by atoms with E-state index in [4.69, 9.17) is 28.9 Å². The maximum atomic E-state index is 13.4. The largest absolute Gasteiger partial charge is 0.378 e. The first-order valence-corrected chi connectivity index (χ1v) is 13.6. The summed E-state index contributed by atoms with van der Waals surface area (Å²) in [7, 11) is 0. The second-order valence-corrected chi connectivity index (χ2v) is 10.3. The number of hydrogen-bond donors (Lipinski definition) is 2. The minimum atomic E-state index is -0.252. The fourth-order valence-corrected chi connectivity index (χ4v) is 5.57. The molecule has 0 fully saturated rings. The van der Waals surface area contributed by atoms with Gasteiger partial charge in [-0.05, 0) is 66.8 Å². The zero-order chi connectivity index (χ0) is 26.1. The summed E-state index contributed by atoms with van der Waals surface area (Å²) in [6.45, 7) is 2.03. The van der Waals surface area contributed by atoms with Crippen LogP contribution in [-0.2, 0) is 26.1 Å². The quantitative estimate of drug-likeness (QED) is 0.217. The van der Waals surface area contributed by atoms with Crippen LogP contribution in [0.15, 0.2) is 78.9 Å². The van der Waals surface area contributed by atoms with Crippen LogP contribution in [0, 0.1) is 5.82 Å². The molecule has 38 heavy (non-hydrogen) atoms. The number of nitrogens with zero attached hydrogens (tertiary/aromatic N) is 3. The molecule has 3 heterocycles. The Balaban J connectivity index is 1.44. The van der Waals surface area contributed by atoms with Gasteiger partial charge in [-0.25, -0.2) is 8.91 Å². The van der Waals surface area contributed by atoms with Crippen LogP contribution in [0.1, 0.15) is 35.5 Å². The van der Waals surface area contributed by atoms with Crippen LogP contribution in [0.4, 0.5) is 10.1 Å². The van der Waals surface area contributed by atoms with E-state index in [2.05, 4.69) is 39.5 Å². The normalized spacial score (nSPS) is 12.9. The zero-order valence-electron chi connectivity index (χ0n) is 20.8. The van der Waals surface area contributed by atoms with Crippen molar-refractivity contribution >= 4 is 40.1 Å². The average molecular weight is 544 g/mol. The van der Waals surface area contributed by atoms with Gasteiger partial charge in [0, 0.05) is 34.9 Å². The molecule has 5 nitrogen and oxygen atoms in total.